The van der Waals surface area contributed by atoms with E-state index in [0.717, 1.165) is 50.0 Å². The summed E-state index contributed by atoms with van der Waals surface area (Å²) in [6.45, 7) is 0.669. The highest BCUT2D eigenvalue weighted by Crippen LogP contribution is 2.42. The summed E-state index contributed by atoms with van der Waals surface area (Å²) >= 11 is 0. The van der Waals surface area contributed by atoms with Crippen LogP contribution in [0.2, 0.25) is 0 Å². The van der Waals surface area contributed by atoms with Crippen molar-refractivity contribution in [1.29, 1.82) is 0 Å². The minimum Gasteiger partial charge on any atom is -0.456 e. The molecule has 2 heterocycles. The van der Waals surface area contributed by atoms with E-state index in [4.69, 9.17) is 4.42 Å². The number of furan rings is 1. The molecule has 0 unspecified atom stereocenters. The largest absolute Gasteiger partial charge is 0.456 e. The van der Waals surface area contributed by atoms with E-state index < -0.39 is 0 Å². The Morgan fingerprint density at radius 2 is 0.824 bits per heavy atom. The third kappa shape index (κ3) is 7.62. The van der Waals surface area contributed by atoms with E-state index in [1.165, 1.54) is 82.7 Å². The number of nitrogens with zero attached hydrogens (tertiary/aromatic N) is 2. The van der Waals surface area contributed by atoms with Gasteiger partial charge in [0, 0.05) is 51.2 Å². The highest BCUT2D eigenvalue weighted by Gasteiger charge is 2.20. The molecule has 0 aliphatic rings. The molecule has 0 aliphatic heterocycles. The first-order valence-electron chi connectivity index (χ1n) is 25.4. The van der Waals surface area contributed by atoms with Crippen molar-refractivity contribution in [3.05, 3.63) is 285 Å². The van der Waals surface area contributed by atoms with Crippen molar-refractivity contribution in [2.75, 3.05) is 4.90 Å². The molecular formula is C71H48N2O. The van der Waals surface area contributed by atoms with Crippen LogP contribution in [0, 0.1) is 0 Å². The number of hydrogen-bond donors (Lipinski definition) is 0. The van der Waals surface area contributed by atoms with Gasteiger partial charge in [-0.2, -0.15) is 0 Å². The van der Waals surface area contributed by atoms with Gasteiger partial charge >= 0.3 is 0 Å². The van der Waals surface area contributed by atoms with Crippen LogP contribution >= 0.6 is 0 Å². The average Bonchev–Trinajstić information content (AvgIpc) is 4.03. The molecule has 0 bridgehead atoms. The number of para-hydroxylation sites is 2. The van der Waals surface area contributed by atoms with E-state index in [9.17, 15) is 0 Å². The minimum atomic E-state index is 0.669. The van der Waals surface area contributed by atoms with Gasteiger partial charge in [0.05, 0.1) is 11.0 Å². The first-order valence-corrected chi connectivity index (χ1v) is 25.4. The third-order valence-corrected chi connectivity index (χ3v) is 14.9. The summed E-state index contributed by atoms with van der Waals surface area (Å²) in [5, 5.41) is 7.23. The molecular weight excluding hydrogens is 897 g/mol. The summed E-state index contributed by atoms with van der Waals surface area (Å²) in [4.78, 5) is 2.45. The fraction of sp³-hybridized carbons (Fsp3) is 0.0141. The second-order valence-corrected chi connectivity index (χ2v) is 19.2. The van der Waals surface area contributed by atoms with E-state index >= 15 is 0 Å². The maximum atomic E-state index is 6.40. The first kappa shape index (κ1) is 43.1. The van der Waals surface area contributed by atoms with Crippen LogP contribution in [0.15, 0.2) is 283 Å². The molecule has 0 aliphatic carbocycles. The normalized spacial score (nSPS) is 11.6. The monoisotopic (exact) mass is 944 g/mol. The van der Waals surface area contributed by atoms with Crippen LogP contribution in [0.4, 0.5) is 11.4 Å². The van der Waals surface area contributed by atoms with Crippen LogP contribution in [0.3, 0.4) is 0 Å². The molecule has 0 saturated carbocycles. The third-order valence-electron chi connectivity index (χ3n) is 14.9. The molecule has 12 aromatic carbocycles. The van der Waals surface area contributed by atoms with Gasteiger partial charge in [-0.15, -0.1) is 0 Å². The SMILES string of the molecule is c1ccc(-c2ccc(N(Cc3ccccc3-c3cccc(-c4cccc5c4c4ccccc4n5-c4ccc5c(c4)oc4ccccc45)c3)c3ccc(-c4ccc(-c5cccc6ccccc56)cc4)cc3)cc2)cc1. The summed E-state index contributed by atoms with van der Waals surface area (Å²) in [6, 6.07) is 101. The van der Waals surface area contributed by atoms with Gasteiger partial charge in [-0.05, 0) is 133 Å². The molecule has 348 valence electrons. The van der Waals surface area contributed by atoms with E-state index in [1.807, 2.05) is 12.1 Å². The van der Waals surface area contributed by atoms with Gasteiger partial charge in [0.2, 0.25) is 0 Å². The molecule has 14 aromatic rings. The summed E-state index contributed by atoms with van der Waals surface area (Å²) < 4.78 is 8.78. The van der Waals surface area contributed by atoms with Gasteiger partial charge in [0.15, 0.2) is 0 Å². The van der Waals surface area contributed by atoms with Crippen molar-refractivity contribution in [2.24, 2.45) is 0 Å². The van der Waals surface area contributed by atoms with Crippen LogP contribution in [-0.2, 0) is 6.54 Å². The maximum Gasteiger partial charge on any atom is 0.137 e. The van der Waals surface area contributed by atoms with Crippen LogP contribution in [0.25, 0.3) is 116 Å². The standard InChI is InChI=1S/C71H48N2O/c1-2-15-48(16-3-1)50-35-39-57(40-36-50)72(58-41-37-51(38-42-58)49-31-33-53(34-32-49)62-26-13-19-52-17-4-7-23-61(52)62)47-56-18-5-6-22-60(56)54-20-12-21-55(45-54)63-27-14-29-68-71(63)66-25-8-10-28-67(66)73(68)59-43-44-65-64-24-9-11-30-69(64)74-70(65)46-59/h1-46H,47H2. The first-order chi connectivity index (χ1) is 36.7. The average molecular weight is 945 g/mol. The van der Waals surface area contributed by atoms with Crippen LogP contribution in [0.5, 0.6) is 0 Å². The van der Waals surface area contributed by atoms with Crippen molar-refractivity contribution in [3.63, 3.8) is 0 Å². The van der Waals surface area contributed by atoms with Gasteiger partial charge in [-0.1, -0.05) is 212 Å². The molecule has 0 fully saturated rings. The smallest absolute Gasteiger partial charge is 0.137 e. The van der Waals surface area contributed by atoms with E-state index in [0.29, 0.717) is 6.54 Å². The molecule has 3 heteroatoms. The van der Waals surface area contributed by atoms with Crippen molar-refractivity contribution in [2.45, 2.75) is 6.54 Å². The zero-order chi connectivity index (χ0) is 49.0. The second kappa shape index (κ2) is 18.2. The fourth-order valence-corrected chi connectivity index (χ4v) is 11.3. The lowest BCUT2D eigenvalue weighted by atomic mass is 9.93. The van der Waals surface area contributed by atoms with Gasteiger partial charge in [-0.3, -0.25) is 0 Å². The highest BCUT2D eigenvalue weighted by molar-refractivity contribution is 6.16. The molecule has 0 amide bonds. The zero-order valence-electron chi connectivity index (χ0n) is 40.6. The summed E-state index contributed by atoms with van der Waals surface area (Å²) in [7, 11) is 0. The molecule has 0 N–H and O–H groups in total. The van der Waals surface area contributed by atoms with Crippen molar-refractivity contribution >= 4 is 65.9 Å². The number of anilines is 2. The fourth-order valence-electron chi connectivity index (χ4n) is 11.3. The van der Waals surface area contributed by atoms with Crippen molar-refractivity contribution in [1.82, 2.24) is 4.57 Å². The molecule has 3 nitrogen and oxygen atoms in total. The second-order valence-electron chi connectivity index (χ2n) is 19.2. The lowest BCUT2D eigenvalue weighted by Crippen LogP contribution is -2.17. The molecule has 2 aromatic heterocycles. The molecule has 0 radical (unpaired) electrons. The van der Waals surface area contributed by atoms with E-state index in [1.54, 1.807) is 0 Å². The predicted octanol–water partition coefficient (Wildman–Crippen LogP) is 19.5. The number of benzene rings is 12. The lowest BCUT2D eigenvalue weighted by molar-refractivity contribution is 0.668. The lowest BCUT2D eigenvalue weighted by Gasteiger charge is -2.27. The van der Waals surface area contributed by atoms with Gasteiger partial charge in [0.1, 0.15) is 11.2 Å². The maximum absolute atomic E-state index is 6.40. The Hall–Kier alpha value is -9.70. The van der Waals surface area contributed by atoms with Crippen molar-refractivity contribution in [3.8, 4) is 61.3 Å². The minimum absolute atomic E-state index is 0.669. The van der Waals surface area contributed by atoms with Crippen LogP contribution in [0.1, 0.15) is 5.56 Å². The molecule has 0 spiro atoms. The summed E-state index contributed by atoms with van der Waals surface area (Å²) in [6.07, 6.45) is 0. The number of rotatable bonds is 10. The Bertz CT molecular complexity index is 4370. The Morgan fingerprint density at radius 3 is 1.61 bits per heavy atom. The zero-order valence-corrected chi connectivity index (χ0v) is 40.6. The Balaban J connectivity index is 0.821. The van der Waals surface area contributed by atoms with E-state index in [2.05, 4.69) is 276 Å². The molecule has 0 atom stereocenters. The summed E-state index contributed by atoms with van der Waals surface area (Å²) in [5.74, 6) is 0. The predicted molar refractivity (Wildman–Crippen MR) is 311 cm³/mol. The quantitative estimate of drug-likeness (QED) is 0.136. The molecule has 14 rings (SSSR count). The van der Waals surface area contributed by atoms with Gasteiger partial charge in [-0.25, -0.2) is 0 Å². The van der Waals surface area contributed by atoms with Gasteiger partial charge in [0.25, 0.3) is 0 Å². The number of aromatic nitrogens is 1. The highest BCUT2D eigenvalue weighted by atomic mass is 16.3. The number of fused-ring (bicyclic) bond motifs is 7. The Labute approximate surface area is 430 Å². The van der Waals surface area contributed by atoms with Gasteiger partial charge < -0.3 is 13.9 Å². The van der Waals surface area contributed by atoms with Crippen LogP contribution < -0.4 is 4.90 Å². The number of hydrogen-bond acceptors (Lipinski definition) is 2. The summed E-state index contributed by atoms with van der Waals surface area (Å²) in [5.41, 5.74) is 20.7. The Kier molecular flexibility index (Phi) is 10.6. The Morgan fingerprint density at radius 1 is 0.311 bits per heavy atom. The topological polar surface area (TPSA) is 21.3 Å². The molecule has 0 saturated heterocycles. The van der Waals surface area contributed by atoms with Crippen molar-refractivity contribution < 1.29 is 4.42 Å². The van der Waals surface area contributed by atoms with Crippen LogP contribution in [-0.4, -0.2) is 4.57 Å². The van der Waals surface area contributed by atoms with E-state index in [-0.39, 0.29) is 0 Å². The molecule has 74 heavy (non-hydrogen) atoms.